The smallest absolute Gasteiger partial charge is 0.357 e. The third-order valence-corrected chi connectivity index (χ3v) is 5.40. The van der Waals surface area contributed by atoms with Gasteiger partial charge in [0, 0.05) is 19.9 Å². The van der Waals surface area contributed by atoms with Crippen LogP contribution in [0.5, 0.6) is 0 Å². The summed E-state index contributed by atoms with van der Waals surface area (Å²) in [4.78, 5) is 12.5. The topological polar surface area (TPSA) is 110 Å². The number of aryl methyl sites for hydroxylation is 1. The minimum atomic E-state index is -4.01. The minimum absolute atomic E-state index is 0.0226. The second-order valence-electron chi connectivity index (χ2n) is 5.89. The number of carbonyl (C=O) groups excluding carboxylic acids is 1. The van der Waals surface area contributed by atoms with Gasteiger partial charge >= 0.3 is 5.97 Å². The fraction of sp³-hybridized carbons (Fsp3) is 0.368. The monoisotopic (exact) mass is 405 g/mol. The van der Waals surface area contributed by atoms with E-state index in [9.17, 15) is 18.5 Å². The molecule has 0 fully saturated rings. The molecule has 0 aliphatic carbocycles. The number of rotatable bonds is 9. The zero-order valence-corrected chi connectivity index (χ0v) is 16.9. The number of aromatic nitrogens is 1. The minimum Gasteiger partial charge on any atom is -0.461 e. The number of ether oxygens (including phenoxy) is 2. The first kappa shape index (κ1) is 21.5. The van der Waals surface area contributed by atoms with E-state index in [2.05, 4.69) is 4.72 Å². The lowest BCUT2D eigenvalue weighted by atomic mass is 10.2. The Balaban J connectivity index is 2.54. The van der Waals surface area contributed by atoms with Crippen LogP contribution in [0.3, 0.4) is 0 Å². The first-order valence-corrected chi connectivity index (χ1v) is 10.3. The Bertz CT molecular complexity index is 989. The highest BCUT2D eigenvalue weighted by Crippen LogP contribution is 2.27. The highest BCUT2D eigenvalue weighted by Gasteiger charge is 2.27. The van der Waals surface area contributed by atoms with Crippen LogP contribution in [0.1, 0.15) is 35.5 Å². The van der Waals surface area contributed by atoms with E-state index in [-0.39, 0.29) is 41.6 Å². The molecule has 8 nitrogen and oxygen atoms in total. The van der Waals surface area contributed by atoms with Crippen LogP contribution < -0.4 is 4.72 Å². The number of hydrogen-bond donors (Lipinski definition) is 1. The van der Waals surface area contributed by atoms with Crippen LogP contribution in [0.4, 0.5) is 5.69 Å². The van der Waals surface area contributed by atoms with Gasteiger partial charge in [0.2, 0.25) is 0 Å². The average Bonchev–Trinajstić information content (AvgIpc) is 3.03. The molecule has 2 rings (SSSR count). The van der Waals surface area contributed by atoms with Gasteiger partial charge in [-0.25, -0.2) is 13.2 Å². The number of nitrogens with one attached hydrogen (secondary N) is 1. The molecule has 0 radical (unpaired) electrons. The number of benzene rings is 1. The summed E-state index contributed by atoms with van der Waals surface area (Å²) in [6, 6.07) is 8.42. The van der Waals surface area contributed by atoms with Crippen LogP contribution in [-0.2, 0) is 32.5 Å². The van der Waals surface area contributed by atoms with Crippen molar-refractivity contribution in [2.75, 3.05) is 25.0 Å². The Hall–Kier alpha value is -2.83. The molecule has 0 saturated carbocycles. The maximum absolute atomic E-state index is 12.9. The van der Waals surface area contributed by atoms with Crippen molar-refractivity contribution in [1.29, 1.82) is 5.26 Å². The van der Waals surface area contributed by atoms with Gasteiger partial charge in [-0.15, -0.1) is 0 Å². The molecule has 0 spiro atoms. The quantitative estimate of drug-likeness (QED) is 0.642. The predicted molar refractivity (Wildman–Crippen MR) is 104 cm³/mol. The predicted octanol–water partition coefficient (Wildman–Crippen LogP) is 2.55. The highest BCUT2D eigenvalue weighted by molar-refractivity contribution is 7.92. The Kier molecular flexibility index (Phi) is 7.20. The van der Waals surface area contributed by atoms with Crippen molar-refractivity contribution in [2.45, 2.75) is 31.7 Å². The maximum atomic E-state index is 12.9. The van der Waals surface area contributed by atoms with Crippen molar-refractivity contribution < 1.29 is 22.7 Å². The summed E-state index contributed by atoms with van der Waals surface area (Å²) < 4.78 is 39.7. The van der Waals surface area contributed by atoms with Crippen LogP contribution in [0, 0.1) is 11.3 Å². The maximum Gasteiger partial charge on any atom is 0.357 e. The van der Waals surface area contributed by atoms with Crippen molar-refractivity contribution in [3.8, 4) is 6.07 Å². The third kappa shape index (κ3) is 4.71. The lowest BCUT2D eigenvalue weighted by molar-refractivity contribution is 0.0513. The molecule has 0 atom stereocenters. The van der Waals surface area contributed by atoms with Crippen LogP contribution in [0.25, 0.3) is 0 Å². The molecule has 1 heterocycles. The van der Waals surface area contributed by atoms with Gasteiger partial charge in [0.15, 0.2) is 5.69 Å². The number of anilines is 1. The summed E-state index contributed by atoms with van der Waals surface area (Å²) in [5.74, 6) is -0.722. The molecule has 0 saturated heterocycles. The summed E-state index contributed by atoms with van der Waals surface area (Å²) in [5.41, 5.74) is 0.741. The summed E-state index contributed by atoms with van der Waals surface area (Å²) in [6.45, 7) is 4.21. The summed E-state index contributed by atoms with van der Waals surface area (Å²) in [6.07, 6.45) is 2.08. The molecular formula is C19H23N3O5S. The van der Waals surface area contributed by atoms with E-state index in [0.717, 1.165) is 5.56 Å². The summed E-state index contributed by atoms with van der Waals surface area (Å²) in [7, 11) is -2.51. The SMILES string of the molecule is CCOC(=O)c1c(NS(=O)(=O)c2cccc(CC)c2)c(C#N)cn1CCOC. The average molecular weight is 405 g/mol. The van der Waals surface area contributed by atoms with Crippen LogP contribution in [-0.4, -0.2) is 39.3 Å². The second kappa shape index (κ2) is 9.39. The Labute approximate surface area is 164 Å². The van der Waals surface area contributed by atoms with E-state index in [1.807, 2.05) is 19.1 Å². The summed E-state index contributed by atoms with van der Waals surface area (Å²) in [5, 5.41) is 9.46. The van der Waals surface area contributed by atoms with Gasteiger partial charge < -0.3 is 14.0 Å². The summed E-state index contributed by atoms with van der Waals surface area (Å²) >= 11 is 0. The number of esters is 1. The van der Waals surface area contributed by atoms with Gasteiger partial charge in [0.05, 0.1) is 29.4 Å². The van der Waals surface area contributed by atoms with Crippen molar-refractivity contribution in [3.05, 3.63) is 47.3 Å². The van der Waals surface area contributed by atoms with E-state index in [1.165, 1.54) is 23.9 Å². The molecule has 28 heavy (non-hydrogen) atoms. The highest BCUT2D eigenvalue weighted by atomic mass is 32.2. The van der Waals surface area contributed by atoms with Crippen molar-refractivity contribution in [2.24, 2.45) is 0 Å². The Morgan fingerprint density at radius 2 is 2.07 bits per heavy atom. The van der Waals surface area contributed by atoms with Gasteiger partial charge in [-0.3, -0.25) is 4.72 Å². The van der Waals surface area contributed by atoms with Crippen LogP contribution >= 0.6 is 0 Å². The number of carbonyl (C=O) groups is 1. The standard InChI is InChI=1S/C19H23N3O5S/c1-4-14-7-6-8-16(11-14)28(24,25)21-17-15(12-20)13-22(9-10-26-3)18(17)19(23)27-5-2/h6-8,11,13,21H,4-5,9-10H2,1-3H3. The zero-order chi connectivity index (χ0) is 20.7. The molecule has 0 aliphatic rings. The lowest BCUT2D eigenvalue weighted by Gasteiger charge is -2.12. The first-order chi connectivity index (χ1) is 13.4. The van der Waals surface area contributed by atoms with Gasteiger partial charge in [-0.1, -0.05) is 19.1 Å². The number of nitrogens with zero attached hydrogens (tertiary/aromatic N) is 2. The van der Waals surface area contributed by atoms with Gasteiger partial charge in [0.25, 0.3) is 10.0 Å². The van der Waals surface area contributed by atoms with Gasteiger partial charge in [-0.2, -0.15) is 5.26 Å². The molecule has 1 aromatic carbocycles. The van der Waals surface area contributed by atoms with E-state index in [0.29, 0.717) is 6.42 Å². The molecular weight excluding hydrogens is 382 g/mol. The van der Waals surface area contributed by atoms with E-state index in [1.54, 1.807) is 19.1 Å². The largest absolute Gasteiger partial charge is 0.461 e. The van der Waals surface area contributed by atoms with E-state index >= 15 is 0 Å². The number of methoxy groups -OCH3 is 1. The Morgan fingerprint density at radius 3 is 2.68 bits per heavy atom. The number of sulfonamides is 1. The molecule has 1 aromatic heterocycles. The van der Waals surface area contributed by atoms with E-state index < -0.39 is 16.0 Å². The molecule has 0 amide bonds. The van der Waals surface area contributed by atoms with Crippen molar-refractivity contribution >= 4 is 21.7 Å². The third-order valence-electron chi connectivity index (χ3n) is 4.06. The molecule has 2 aromatic rings. The fourth-order valence-corrected chi connectivity index (χ4v) is 3.81. The Morgan fingerprint density at radius 1 is 1.32 bits per heavy atom. The van der Waals surface area contributed by atoms with Crippen LogP contribution in [0.2, 0.25) is 0 Å². The number of nitriles is 1. The van der Waals surface area contributed by atoms with Gasteiger partial charge in [-0.05, 0) is 31.0 Å². The fourth-order valence-electron chi connectivity index (χ4n) is 2.65. The van der Waals surface area contributed by atoms with Gasteiger partial charge in [0.1, 0.15) is 6.07 Å². The van der Waals surface area contributed by atoms with Crippen molar-refractivity contribution in [1.82, 2.24) is 4.57 Å². The molecule has 150 valence electrons. The molecule has 0 unspecified atom stereocenters. The number of hydrogen-bond acceptors (Lipinski definition) is 6. The van der Waals surface area contributed by atoms with Crippen molar-refractivity contribution in [3.63, 3.8) is 0 Å². The lowest BCUT2D eigenvalue weighted by Crippen LogP contribution is -2.19. The molecule has 1 N–H and O–H groups in total. The molecule has 0 aliphatic heterocycles. The van der Waals surface area contributed by atoms with Crippen LogP contribution in [0.15, 0.2) is 35.4 Å². The molecule has 0 bridgehead atoms. The zero-order valence-electron chi connectivity index (χ0n) is 16.1. The second-order valence-corrected chi connectivity index (χ2v) is 7.57. The first-order valence-electron chi connectivity index (χ1n) is 8.78. The normalized spacial score (nSPS) is 11.1. The molecule has 9 heteroatoms. The van der Waals surface area contributed by atoms with E-state index in [4.69, 9.17) is 9.47 Å².